The number of carbonyl (C=O) groups excluding carboxylic acids is 1. The molecule has 0 aliphatic carbocycles. The van der Waals surface area contributed by atoms with Gasteiger partial charge < -0.3 is 20.2 Å². The summed E-state index contributed by atoms with van der Waals surface area (Å²) in [7, 11) is 2.07. The van der Waals surface area contributed by atoms with Crippen LogP contribution < -0.4 is 5.32 Å². The molecular weight excluding hydrogens is 194 g/mol. The van der Waals surface area contributed by atoms with Crippen LogP contribution >= 0.6 is 0 Å². The van der Waals surface area contributed by atoms with Gasteiger partial charge in [0.25, 0.3) is 0 Å². The van der Waals surface area contributed by atoms with Crippen LogP contribution in [-0.2, 0) is 4.79 Å². The second kappa shape index (κ2) is 4.47. The van der Waals surface area contributed by atoms with Crippen LogP contribution in [0.2, 0.25) is 0 Å². The molecule has 2 aliphatic rings. The van der Waals surface area contributed by atoms with Crippen molar-refractivity contribution < 1.29 is 9.90 Å². The van der Waals surface area contributed by atoms with Gasteiger partial charge in [-0.2, -0.15) is 0 Å². The summed E-state index contributed by atoms with van der Waals surface area (Å²) in [5, 5.41) is 12.4. The molecule has 1 amide bonds. The molecule has 0 radical (unpaired) electrons. The maximum atomic E-state index is 12.0. The first-order chi connectivity index (χ1) is 7.16. The monoisotopic (exact) mass is 213 g/mol. The number of likely N-dealkylation sites (N-methyl/N-ethyl adjacent to an activating group) is 1. The number of piperazine rings is 1. The lowest BCUT2D eigenvalue weighted by molar-refractivity contribution is -0.134. The van der Waals surface area contributed by atoms with Gasteiger partial charge in [0, 0.05) is 32.7 Å². The molecule has 0 aromatic rings. The summed E-state index contributed by atoms with van der Waals surface area (Å²) < 4.78 is 0. The third-order valence-corrected chi connectivity index (χ3v) is 3.22. The van der Waals surface area contributed by atoms with Crippen molar-refractivity contribution in [3.63, 3.8) is 0 Å². The Balaban J connectivity index is 1.85. The Morgan fingerprint density at radius 2 is 2.00 bits per heavy atom. The smallest absolute Gasteiger partial charge is 0.239 e. The first-order valence-electron chi connectivity index (χ1n) is 5.55. The molecular formula is C10H19N3O2. The molecule has 2 N–H and O–H groups in total. The lowest BCUT2D eigenvalue weighted by atomic mass is 10.1. The molecule has 2 fully saturated rings. The van der Waals surface area contributed by atoms with Crippen LogP contribution in [0.5, 0.6) is 0 Å². The highest BCUT2D eigenvalue weighted by Crippen LogP contribution is 2.11. The SMILES string of the molecule is CN1CCN(C(=O)[C@@H]2C[C@@H](O)CN2)CC1. The van der Waals surface area contributed by atoms with Gasteiger partial charge in [-0.15, -0.1) is 0 Å². The number of nitrogens with one attached hydrogen (secondary N) is 1. The van der Waals surface area contributed by atoms with Crippen LogP contribution in [0.15, 0.2) is 0 Å². The summed E-state index contributed by atoms with van der Waals surface area (Å²) in [5.74, 6) is 0.152. The van der Waals surface area contributed by atoms with E-state index >= 15 is 0 Å². The molecule has 2 rings (SSSR count). The van der Waals surface area contributed by atoms with Crippen molar-refractivity contribution >= 4 is 5.91 Å². The third-order valence-electron chi connectivity index (χ3n) is 3.22. The Kier molecular flexibility index (Phi) is 3.23. The Labute approximate surface area is 90.0 Å². The molecule has 5 nitrogen and oxygen atoms in total. The zero-order valence-electron chi connectivity index (χ0n) is 9.15. The number of rotatable bonds is 1. The van der Waals surface area contributed by atoms with E-state index in [9.17, 15) is 9.90 Å². The minimum atomic E-state index is -0.355. The van der Waals surface area contributed by atoms with E-state index in [1.165, 1.54) is 0 Å². The largest absolute Gasteiger partial charge is 0.392 e. The molecule has 0 bridgehead atoms. The quantitative estimate of drug-likeness (QED) is 0.556. The van der Waals surface area contributed by atoms with E-state index in [4.69, 9.17) is 0 Å². The van der Waals surface area contributed by atoms with E-state index in [0.29, 0.717) is 13.0 Å². The van der Waals surface area contributed by atoms with Crippen LogP contribution in [0, 0.1) is 0 Å². The van der Waals surface area contributed by atoms with Crippen molar-refractivity contribution in [2.45, 2.75) is 18.6 Å². The molecule has 0 saturated carbocycles. The molecule has 0 spiro atoms. The van der Waals surface area contributed by atoms with Crippen LogP contribution in [-0.4, -0.2) is 72.7 Å². The predicted octanol–water partition coefficient (Wildman–Crippen LogP) is -1.52. The van der Waals surface area contributed by atoms with Crippen molar-refractivity contribution in [2.75, 3.05) is 39.8 Å². The minimum absolute atomic E-state index is 0.152. The summed E-state index contributed by atoms with van der Waals surface area (Å²) in [6.45, 7) is 4.05. The van der Waals surface area contributed by atoms with Crippen LogP contribution in [0.25, 0.3) is 0 Å². The zero-order valence-corrected chi connectivity index (χ0v) is 9.15. The maximum absolute atomic E-state index is 12.0. The fourth-order valence-corrected chi connectivity index (χ4v) is 2.15. The Morgan fingerprint density at radius 3 is 2.53 bits per heavy atom. The number of amides is 1. The number of hydrogen-bond donors (Lipinski definition) is 2. The van der Waals surface area contributed by atoms with Crippen LogP contribution in [0.3, 0.4) is 0 Å². The average Bonchev–Trinajstić information content (AvgIpc) is 2.65. The first-order valence-corrected chi connectivity index (χ1v) is 5.55. The number of carbonyl (C=O) groups is 1. The van der Waals surface area contributed by atoms with Crippen molar-refractivity contribution in [1.82, 2.24) is 15.1 Å². The maximum Gasteiger partial charge on any atom is 0.239 e. The fourth-order valence-electron chi connectivity index (χ4n) is 2.15. The van der Waals surface area contributed by atoms with Gasteiger partial charge in [0.2, 0.25) is 5.91 Å². The Morgan fingerprint density at radius 1 is 1.33 bits per heavy atom. The highest BCUT2D eigenvalue weighted by molar-refractivity contribution is 5.82. The Bertz CT molecular complexity index is 239. The molecule has 86 valence electrons. The van der Waals surface area contributed by atoms with Gasteiger partial charge in [-0.05, 0) is 13.5 Å². The molecule has 0 unspecified atom stereocenters. The molecule has 2 aliphatic heterocycles. The van der Waals surface area contributed by atoms with Crippen LogP contribution in [0.4, 0.5) is 0 Å². The molecule has 5 heteroatoms. The molecule has 0 aromatic carbocycles. The van der Waals surface area contributed by atoms with Crippen molar-refractivity contribution in [3.05, 3.63) is 0 Å². The number of aliphatic hydroxyl groups excluding tert-OH is 1. The third kappa shape index (κ3) is 2.48. The molecule has 2 heterocycles. The first kappa shape index (κ1) is 10.9. The van der Waals surface area contributed by atoms with E-state index in [1.54, 1.807) is 0 Å². The summed E-state index contributed by atoms with van der Waals surface area (Å²) in [5.41, 5.74) is 0. The van der Waals surface area contributed by atoms with Crippen molar-refractivity contribution in [3.8, 4) is 0 Å². The lowest BCUT2D eigenvalue weighted by Crippen LogP contribution is -2.52. The summed E-state index contributed by atoms with van der Waals surface area (Å²) in [6, 6.07) is -0.164. The highest BCUT2D eigenvalue weighted by atomic mass is 16.3. The lowest BCUT2D eigenvalue weighted by Gasteiger charge is -2.33. The predicted molar refractivity (Wildman–Crippen MR) is 56.5 cm³/mol. The van der Waals surface area contributed by atoms with Gasteiger partial charge >= 0.3 is 0 Å². The number of β-amino-alcohol motifs (C(OH)–C–C–N with tert-alkyl or cyclic N) is 1. The van der Waals surface area contributed by atoms with Gasteiger partial charge in [0.1, 0.15) is 0 Å². The van der Waals surface area contributed by atoms with Crippen molar-refractivity contribution in [1.29, 1.82) is 0 Å². The molecule has 2 atom stereocenters. The van der Waals surface area contributed by atoms with E-state index in [0.717, 1.165) is 26.2 Å². The fraction of sp³-hybridized carbons (Fsp3) is 0.900. The average molecular weight is 213 g/mol. The normalized spacial score (nSPS) is 33.3. The number of hydrogen-bond acceptors (Lipinski definition) is 4. The molecule has 15 heavy (non-hydrogen) atoms. The second-order valence-electron chi connectivity index (χ2n) is 4.48. The highest BCUT2D eigenvalue weighted by Gasteiger charge is 2.32. The number of aliphatic hydroxyl groups is 1. The second-order valence-corrected chi connectivity index (χ2v) is 4.48. The zero-order chi connectivity index (χ0) is 10.8. The number of nitrogens with zero attached hydrogens (tertiary/aromatic N) is 2. The summed E-state index contributed by atoms with van der Waals surface area (Å²) in [6.07, 6.45) is 0.206. The standard InChI is InChI=1S/C10H19N3O2/c1-12-2-4-13(5-3-12)10(15)9-6-8(14)7-11-9/h8-9,11,14H,2-7H2,1H3/t8-,9+/m1/s1. The summed E-state index contributed by atoms with van der Waals surface area (Å²) in [4.78, 5) is 16.1. The van der Waals surface area contributed by atoms with Gasteiger partial charge in [-0.25, -0.2) is 0 Å². The van der Waals surface area contributed by atoms with E-state index in [-0.39, 0.29) is 18.1 Å². The van der Waals surface area contributed by atoms with Gasteiger partial charge in [0.15, 0.2) is 0 Å². The van der Waals surface area contributed by atoms with E-state index in [2.05, 4.69) is 17.3 Å². The molecule has 0 aromatic heterocycles. The molecule has 2 saturated heterocycles. The van der Waals surface area contributed by atoms with E-state index in [1.807, 2.05) is 4.90 Å². The topological polar surface area (TPSA) is 55.8 Å². The Hall–Kier alpha value is -0.650. The van der Waals surface area contributed by atoms with Crippen molar-refractivity contribution in [2.24, 2.45) is 0 Å². The van der Waals surface area contributed by atoms with Gasteiger partial charge in [-0.1, -0.05) is 0 Å². The minimum Gasteiger partial charge on any atom is -0.392 e. The summed E-state index contributed by atoms with van der Waals surface area (Å²) >= 11 is 0. The van der Waals surface area contributed by atoms with Gasteiger partial charge in [-0.3, -0.25) is 4.79 Å². The van der Waals surface area contributed by atoms with E-state index < -0.39 is 0 Å². The van der Waals surface area contributed by atoms with Crippen LogP contribution in [0.1, 0.15) is 6.42 Å². The van der Waals surface area contributed by atoms with Gasteiger partial charge in [0.05, 0.1) is 12.1 Å².